The molecular weight excluding hydrogens is 340 g/mol. The summed E-state index contributed by atoms with van der Waals surface area (Å²) in [5.74, 6) is 0.698. The van der Waals surface area contributed by atoms with Gasteiger partial charge in [0, 0.05) is 26.3 Å². The van der Waals surface area contributed by atoms with E-state index in [1.54, 1.807) is 17.1 Å². The van der Waals surface area contributed by atoms with Crippen molar-refractivity contribution in [1.29, 1.82) is 0 Å². The monoisotopic (exact) mass is 364 g/mol. The average molecular weight is 364 g/mol. The molecule has 7 nitrogen and oxygen atoms in total. The summed E-state index contributed by atoms with van der Waals surface area (Å²) in [5.41, 5.74) is 3.43. The number of amides is 1. The van der Waals surface area contributed by atoms with Gasteiger partial charge < -0.3 is 10.2 Å². The fourth-order valence-corrected chi connectivity index (χ4v) is 3.41. The summed E-state index contributed by atoms with van der Waals surface area (Å²) in [6, 6.07) is 10.1. The molecule has 0 spiro atoms. The van der Waals surface area contributed by atoms with Gasteiger partial charge in [-0.25, -0.2) is 0 Å². The first-order valence-corrected chi connectivity index (χ1v) is 9.28. The maximum Gasteiger partial charge on any atom is 0.259 e. The molecule has 1 aromatic carbocycles. The third kappa shape index (κ3) is 3.58. The van der Waals surface area contributed by atoms with Crippen molar-refractivity contribution in [2.75, 3.05) is 23.3 Å². The highest BCUT2D eigenvalue weighted by atomic mass is 16.1. The summed E-state index contributed by atoms with van der Waals surface area (Å²) >= 11 is 0. The zero-order valence-electron chi connectivity index (χ0n) is 15.7. The fourth-order valence-electron chi connectivity index (χ4n) is 3.41. The van der Waals surface area contributed by atoms with Crippen molar-refractivity contribution in [2.24, 2.45) is 7.05 Å². The van der Waals surface area contributed by atoms with Crippen molar-refractivity contribution in [1.82, 2.24) is 19.6 Å². The molecule has 27 heavy (non-hydrogen) atoms. The van der Waals surface area contributed by atoms with E-state index < -0.39 is 0 Å². The molecule has 1 aliphatic heterocycles. The van der Waals surface area contributed by atoms with E-state index >= 15 is 0 Å². The molecule has 0 aliphatic carbocycles. The van der Waals surface area contributed by atoms with Crippen LogP contribution >= 0.6 is 0 Å². The number of nitrogens with one attached hydrogen (secondary N) is 1. The largest absolute Gasteiger partial charge is 0.353 e. The lowest BCUT2D eigenvalue weighted by Crippen LogP contribution is -2.21. The lowest BCUT2D eigenvalue weighted by molar-refractivity contribution is 0.102. The van der Waals surface area contributed by atoms with Crippen LogP contribution < -0.4 is 10.2 Å². The first-order chi connectivity index (χ1) is 13.1. The van der Waals surface area contributed by atoms with Gasteiger partial charge in [0.05, 0.1) is 24.0 Å². The van der Waals surface area contributed by atoms with Gasteiger partial charge in [0.2, 0.25) is 0 Å². The topological polar surface area (TPSA) is 68.0 Å². The van der Waals surface area contributed by atoms with Crippen LogP contribution in [0.1, 0.15) is 34.5 Å². The first kappa shape index (κ1) is 17.3. The molecule has 1 amide bonds. The van der Waals surface area contributed by atoms with Crippen LogP contribution in [0.25, 0.3) is 0 Å². The third-order valence-corrected chi connectivity index (χ3v) is 5.04. The number of carbonyl (C=O) groups excluding carboxylic acids is 1. The highest BCUT2D eigenvalue weighted by Crippen LogP contribution is 2.30. The predicted octanol–water partition coefficient (Wildman–Crippen LogP) is 2.83. The maximum atomic E-state index is 12.8. The third-order valence-electron chi connectivity index (χ3n) is 5.04. The Hall–Kier alpha value is -3.09. The minimum Gasteiger partial charge on any atom is -0.353 e. The van der Waals surface area contributed by atoms with Gasteiger partial charge in [-0.15, -0.1) is 0 Å². The molecule has 0 atom stereocenters. The van der Waals surface area contributed by atoms with Gasteiger partial charge in [-0.3, -0.25) is 14.2 Å². The van der Waals surface area contributed by atoms with Crippen LogP contribution in [0, 0.1) is 6.92 Å². The van der Waals surface area contributed by atoms with Gasteiger partial charge in [-0.05, 0) is 25.3 Å². The van der Waals surface area contributed by atoms with Crippen LogP contribution in [0.5, 0.6) is 0 Å². The molecule has 1 fully saturated rings. The molecule has 0 saturated carbocycles. The van der Waals surface area contributed by atoms with E-state index in [0.717, 1.165) is 48.7 Å². The quantitative estimate of drug-likeness (QED) is 0.756. The van der Waals surface area contributed by atoms with E-state index in [9.17, 15) is 4.79 Å². The summed E-state index contributed by atoms with van der Waals surface area (Å²) in [4.78, 5) is 15.0. The van der Waals surface area contributed by atoms with E-state index in [1.165, 1.54) is 0 Å². The molecule has 7 heteroatoms. The second-order valence-electron chi connectivity index (χ2n) is 6.97. The Balaban J connectivity index is 1.51. The molecule has 0 bridgehead atoms. The number of benzene rings is 1. The van der Waals surface area contributed by atoms with Crippen molar-refractivity contribution in [3.63, 3.8) is 0 Å². The minimum atomic E-state index is -0.161. The molecule has 1 saturated heterocycles. The summed E-state index contributed by atoms with van der Waals surface area (Å²) in [6.07, 6.45) is 5.72. The molecule has 3 heterocycles. The Labute approximate surface area is 158 Å². The average Bonchev–Trinajstić information content (AvgIpc) is 3.40. The van der Waals surface area contributed by atoms with E-state index in [1.807, 2.05) is 49.0 Å². The number of hydrogen-bond donors (Lipinski definition) is 1. The Bertz CT molecular complexity index is 937. The van der Waals surface area contributed by atoms with Crippen molar-refractivity contribution in [3.05, 3.63) is 59.5 Å². The van der Waals surface area contributed by atoms with Crippen LogP contribution in [0.15, 0.2) is 42.7 Å². The Morgan fingerprint density at radius 2 is 1.93 bits per heavy atom. The molecule has 3 aromatic rings. The number of carbonyl (C=O) groups is 1. The van der Waals surface area contributed by atoms with Gasteiger partial charge >= 0.3 is 0 Å². The number of rotatable bonds is 5. The summed E-state index contributed by atoms with van der Waals surface area (Å²) in [6.45, 7) is 4.57. The molecule has 2 aromatic heterocycles. The molecule has 0 unspecified atom stereocenters. The number of anilines is 2. The Morgan fingerprint density at radius 3 is 2.67 bits per heavy atom. The van der Waals surface area contributed by atoms with Gasteiger partial charge in [0.1, 0.15) is 5.69 Å². The van der Waals surface area contributed by atoms with Crippen molar-refractivity contribution in [2.45, 2.75) is 26.3 Å². The first-order valence-electron chi connectivity index (χ1n) is 9.28. The maximum absolute atomic E-state index is 12.8. The SMILES string of the molecule is Cc1c(NC(=O)c2cnn(Cc3ccccc3)c2)c(N2CCCC2)nn1C. The highest BCUT2D eigenvalue weighted by Gasteiger charge is 2.23. The number of hydrogen-bond acceptors (Lipinski definition) is 4. The zero-order chi connectivity index (χ0) is 18.8. The molecule has 4 rings (SSSR count). The van der Waals surface area contributed by atoms with E-state index in [2.05, 4.69) is 20.4 Å². The summed E-state index contributed by atoms with van der Waals surface area (Å²) in [5, 5.41) is 12.0. The standard InChI is InChI=1S/C20H24N6O/c1-15-18(19(23-24(15)2)25-10-6-7-11-25)22-20(27)17-12-21-26(14-17)13-16-8-4-3-5-9-16/h3-5,8-9,12,14H,6-7,10-11,13H2,1-2H3,(H,22,27). The van der Waals surface area contributed by atoms with E-state index in [-0.39, 0.29) is 5.91 Å². The molecule has 1 N–H and O–H groups in total. The van der Waals surface area contributed by atoms with Crippen LogP contribution in [0.4, 0.5) is 11.5 Å². The smallest absolute Gasteiger partial charge is 0.259 e. The Kier molecular flexibility index (Phi) is 4.66. The van der Waals surface area contributed by atoms with Gasteiger partial charge in [-0.1, -0.05) is 30.3 Å². The van der Waals surface area contributed by atoms with Gasteiger partial charge in [0.25, 0.3) is 5.91 Å². The van der Waals surface area contributed by atoms with Crippen LogP contribution in [-0.4, -0.2) is 38.6 Å². The fraction of sp³-hybridized carbons (Fsp3) is 0.350. The van der Waals surface area contributed by atoms with Crippen LogP contribution in [-0.2, 0) is 13.6 Å². The van der Waals surface area contributed by atoms with E-state index in [4.69, 9.17) is 0 Å². The predicted molar refractivity (Wildman–Crippen MR) is 105 cm³/mol. The van der Waals surface area contributed by atoms with Crippen molar-refractivity contribution in [3.8, 4) is 0 Å². The summed E-state index contributed by atoms with van der Waals surface area (Å²) in [7, 11) is 1.91. The lowest BCUT2D eigenvalue weighted by atomic mass is 10.2. The van der Waals surface area contributed by atoms with E-state index in [0.29, 0.717) is 12.1 Å². The summed E-state index contributed by atoms with van der Waals surface area (Å²) < 4.78 is 3.60. The number of aromatic nitrogens is 4. The normalized spacial score (nSPS) is 13.9. The molecule has 140 valence electrons. The number of nitrogens with zero attached hydrogens (tertiary/aromatic N) is 5. The molecule has 1 aliphatic rings. The molecular formula is C20H24N6O. The highest BCUT2D eigenvalue weighted by molar-refractivity contribution is 6.05. The second-order valence-corrected chi connectivity index (χ2v) is 6.97. The zero-order valence-corrected chi connectivity index (χ0v) is 15.7. The van der Waals surface area contributed by atoms with Crippen LogP contribution in [0.2, 0.25) is 0 Å². The Morgan fingerprint density at radius 1 is 1.19 bits per heavy atom. The van der Waals surface area contributed by atoms with Crippen molar-refractivity contribution >= 4 is 17.4 Å². The van der Waals surface area contributed by atoms with Crippen LogP contribution in [0.3, 0.4) is 0 Å². The second kappa shape index (κ2) is 7.26. The molecule has 0 radical (unpaired) electrons. The van der Waals surface area contributed by atoms with Gasteiger partial charge in [0.15, 0.2) is 5.82 Å². The minimum absolute atomic E-state index is 0.161. The lowest BCUT2D eigenvalue weighted by Gasteiger charge is -2.16. The number of aryl methyl sites for hydroxylation is 1. The van der Waals surface area contributed by atoms with Gasteiger partial charge in [-0.2, -0.15) is 10.2 Å². The van der Waals surface area contributed by atoms with Crippen molar-refractivity contribution < 1.29 is 4.79 Å².